The van der Waals surface area contributed by atoms with E-state index in [0.29, 0.717) is 51.8 Å². The fraction of sp³-hybridized carbons (Fsp3) is 0.667. The van der Waals surface area contributed by atoms with Crippen LogP contribution in [-0.2, 0) is 50.3 Å². The summed E-state index contributed by atoms with van der Waals surface area (Å²) in [4.78, 5) is 123. The Balaban J connectivity index is 0.00000346. The van der Waals surface area contributed by atoms with Crippen LogP contribution >= 0.6 is 0 Å². The second kappa shape index (κ2) is 24.1. The molecule has 5 aliphatic rings. The molecule has 8 bridgehead atoms. The molecule has 0 aromatic carbocycles. The van der Waals surface area contributed by atoms with Gasteiger partial charge in [-0.25, -0.2) is 0 Å². The van der Waals surface area contributed by atoms with Gasteiger partial charge in [-0.2, -0.15) is 9.81 Å². The normalized spacial score (nSPS) is 32.8. The van der Waals surface area contributed by atoms with Crippen LogP contribution < -0.4 is 45.0 Å². The molecule has 10 unspecified atom stereocenters. The number of aliphatic hydroxyl groups is 1. The number of fused-ring (bicyclic) bond motifs is 6. The summed E-state index contributed by atoms with van der Waals surface area (Å²) in [5.41, 5.74) is 43.9. The van der Waals surface area contributed by atoms with Gasteiger partial charge in [-0.1, -0.05) is 45.8 Å². The average Bonchev–Trinajstić information content (AvgIpc) is 3.88. The van der Waals surface area contributed by atoms with Gasteiger partial charge in [0.05, 0.1) is 17.7 Å². The van der Waals surface area contributed by atoms with Crippen molar-refractivity contribution in [3.05, 3.63) is 44.1 Å². The minimum absolute atomic E-state index is 0. The maximum atomic E-state index is 13.5. The molecule has 399 valence electrons. The molecule has 0 saturated carbocycles. The number of aliphatic imine (C=N–C) groups is 3. The second-order valence-corrected chi connectivity index (χ2v) is 21.2. The first-order valence-electron chi connectivity index (χ1n) is 23.7. The van der Waals surface area contributed by atoms with Crippen LogP contribution in [0, 0.1) is 66.3 Å². The molecule has 23 nitrogen and oxygen atoms in total. The first-order chi connectivity index (χ1) is 32.9. The zero-order valence-corrected chi connectivity index (χ0v) is 43.8. The van der Waals surface area contributed by atoms with E-state index in [2.05, 4.69) is 21.8 Å². The van der Waals surface area contributed by atoms with Gasteiger partial charge in [-0.05, 0) is 70.6 Å². The van der Waals surface area contributed by atoms with E-state index in [1.807, 2.05) is 61.5 Å². The average molecular weight is 1050 g/mol. The summed E-state index contributed by atoms with van der Waals surface area (Å²) < 4.78 is 0. The minimum atomic E-state index is -1.39. The number of hydrogen-bond acceptors (Lipinski definition) is 16. The number of allylic oxidation sites excluding steroid dienone is 6. The Hall–Kier alpha value is -6.01. The number of amides is 7. The number of primary amides is 6. The Labute approximate surface area is 430 Å². The quantitative estimate of drug-likeness (QED) is 0.0787. The van der Waals surface area contributed by atoms with Crippen molar-refractivity contribution in [2.24, 2.45) is 94.7 Å². The van der Waals surface area contributed by atoms with Crippen LogP contribution in [0.15, 0.2) is 49.3 Å². The topological polar surface area (TPSA) is 439 Å². The largest absolute Gasteiger partial charge is 2.00 e. The second-order valence-electron chi connectivity index (χ2n) is 21.2. The van der Waals surface area contributed by atoms with Crippen LogP contribution in [0.4, 0.5) is 0 Å². The van der Waals surface area contributed by atoms with Crippen molar-refractivity contribution in [3.8, 4) is 0 Å². The molecule has 5 heterocycles. The number of nitrogens with zero attached hydrogens (tertiary/aromatic N) is 3. The third-order valence-corrected chi connectivity index (χ3v) is 16.1. The van der Waals surface area contributed by atoms with Crippen LogP contribution in [-0.4, -0.2) is 87.8 Å². The summed E-state index contributed by atoms with van der Waals surface area (Å²) in [5, 5.41) is 16.4. The van der Waals surface area contributed by atoms with E-state index in [9.17, 15) is 38.7 Å². The Bertz CT molecular complexity index is 2360. The fourth-order valence-electron chi connectivity index (χ4n) is 12.3. The number of aliphatic hydroxyl groups excluding tert-OH is 1. The Morgan fingerprint density at radius 3 is 1.72 bits per heavy atom. The van der Waals surface area contributed by atoms with Gasteiger partial charge in [0.1, 0.15) is 0 Å². The molecular weight excluding hydrogens is 978 g/mol. The summed E-state index contributed by atoms with van der Waals surface area (Å²) >= 11 is 0. The van der Waals surface area contributed by atoms with Crippen LogP contribution in [0.1, 0.15) is 133 Å². The third kappa shape index (κ3) is 12.2. The van der Waals surface area contributed by atoms with E-state index >= 15 is 0 Å². The molecule has 17 N–H and O–H groups in total. The number of nitrogens with one attached hydrogen (secondary N) is 4. The molecule has 1 fully saturated rings. The fourth-order valence-corrected chi connectivity index (χ4v) is 12.3. The Kier molecular flexibility index (Phi) is 20.8. The molecule has 0 aromatic rings. The van der Waals surface area contributed by atoms with E-state index in [4.69, 9.17) is 59.2 Å². The molecule has 0 spiro atoms. The van der Waals surface area contributed by atoms with Gasteiger partial charge in [-0.15, -0.1) is 0 Å². The number of nitroso groups, excluding NO2 is 2. The first-order valence-corrected chi connectivity index (χ1v) is 23.7. The maximum Gasteiger partial charge on any atom is 2.00 e. The number of rotatable bonds is 20. The molecule has 0 aliphatic carbocycles. The molecule has 1 saturated heterocycles. The summed E-state index contributed by atoms with van der Waals surface area (Å²) in [5.74, 6) is -6.25. The maximum absolute atomic E-state index is 13.5. The molecule has 5 aliphatic heterocycles. The SMILES string of the molecule is C/C1=C2N=C(/C=C3\N/C(=C(/C)C4=NC(C)(C5N=C1C(C)(CCC(=O)NCC(C)O)C5CC(N)=O)C(C)(CC(N)=O)C4CCC(N)=O)C(C)(CC(N)=O)C3CCC(N)=O)C(C)(C)C/2CCC(N)=O.N=O.N=O.[Co+2]. The van der Waals surface area contributed by atoms with Crippen LogP contribution in [0.3, 0.4) is 0 Å². The van der Waals surface area contributed by atoms with Gasteiger partial charge in [0.25, 0.3) is 0 Å². The number of hydrogen-bond donors (Lipinski definition) is 11. The number of carbonyl (C=O) groups excluding carboxylic acids is 7. The van der Waals surface area contributed by atoms with Crippen molar-refractivity contribution in [3.63, 3.8) is 0 Å². The number of nitrogens with two attached hydrogens (primary N) is 6. The molecule has 24 heteroatoms. The zero-order valence-electron chi connectivity index (χ0n) is 42.8. The van der Waals surface area contributed by atoms with Crippen molar-refractivity contribution < 1.29 is 55.4 Å². The van der Waals surface area contributed by atoms with Crippen molar-refractivity contribution in [1.82, 2.24) is 10.6 Å². The van der Waals surface area contributed by atoms with E-state index in [1.54, 1.807) is 6.92 Å². The molecule has 5 rings (SSSR count). The molecule has 7 amide bonds. The van der Waals surface area contributed by atoms with Gasteiger partial charge in [0.2, 0.25) is 41.4 Å². The van der Waals surface area contributed by atoms with E-state index < -0.39 is 98.5 Å². The molecule has 10 atom stereocenters. The van der Waals surface area contributed by atoms with Crippen molar-refractivity contribution >= 4 is 58.5 Å². The molecule has 72 heavy (non-hydrogen) atoms. The predicted molar refractivity (Wildman–Crippen MR) is 266 cm³/mol. The predicted octanol–water partition coefficient (Wildman–Crippen LogP) is 2.40. The first kappa shape index (κ1) is 62.1. The van der Waals surface area contributed by atoms with E-state index in [-0.39, 0.29) is 93.4 Å². The van der Waals surface area contributed by atoms with Gasteiger partial charge in [0, 0.05) is 131 Å². The third-order valence-electron chi connectivity index (χ3n) is 16.1. The van der Waals surface area contributed by atoms with Gasteiger partial charge in [0.15, 0.2) is 0 Å². The van der Waals surface area contributed by atoms with Crippen LogP contribution in [0.25, 0.3) is 0 Å². The Morgan fingerprint density at radius 1 is 0.722 bits per heavy atom. The minimum Gasteiger partial charge on any atom is -0.392 e. The van der Waals surface area contributed by atoms with Crippen LogP contribution in [0.2, 0.25) is 0 Å². The van der Waals surface area contributed by atoms with Gasteiger partial charge < -0.3 is 50.1 Å². The van der Waals surface area contributed by atoms with Crippen LogP contribution in [0.5, 0.6) is 0 Å². The monoisotopic (exact) mass is 1050 g/mol. The van der Waals surface area contributed by atoms with Gasteiger partial charge >= 0.3 is 16.8 Å². The number of carbonyl (C=O) groups is 7. The summed E-state index contributed by atoms with van der Waals surface area (Å²) in [6.45, 7) is 16.9. The zero-order chi connectivity index (χ0) is 54.4. The smallest absolute Gasteiger partial charge is 0.392 e. The van der Waals surface area contributed by atoms with E-state index in [0.717, 1.165) is 0 Å². The van der Waals surface area contributed by atoms with Crippen molar-refractivity contribution in [2.75, 3.05) is 6.54 Å². The summed E-state index contributed by atoms with van der Waals surface area (Å²) in [6, 6.07) is -0.913. The standard InChI is InChI=1S/C48H73N11O8.Co.2HNO/c1-23(60)22-55-38(67)16-17-45(6)29(18-35(52)64)43-48(9)47(8,21-37(54)66)28(12-15-34(51)63)40(59-48)25(3)42-46(7,20-36(53)65)26(10-13-32(49)61)30(56-42)19-31-44(4,5)27(11-14-33(50)62)39(57-31)24(2)41(45)58-43;;2*1-2/h19,23,26-29,43,56,60H,10-18,20-22H2,1-9H3,(H2,49,61)(H2,50,62)(H2,51,63)(H2,52,64)(H2,53,65)(H2,54,66)(H,55,67);;2*1H/q;+2;;/b30-19-,39-24-,42-25-;;;. The molecule has 0 aromatic heterocycles. The van der Waals surface area contributed by atoms with Crippen molar-refractivity contribution in [2.45, 2.75) is 151 Å². The summed E-state index contributed by atoms with van der Waals surface area (Å²) in [7, 11) is 0. The van der Waals surface area contributed by atoms with Crippen molar-refractivity contribution in [1.29, 1.82) is 11.2 Å². The Morgan fingerprint density at radius 2 is 1.24 bits per heavy atom. The summed E-state index contributed by atoms with van der Waals surface area (Å²) in [6.07, 6.45) is 1.23. The van der Waals surface area contributed by atoms with E-state index in [1.165, 1.54) is 0 Å². The molecular formula is C48H75CoN13O10+2. The molecule has 1 radical (unpaired) electrons. The van der Waals surface area contributed by atoms with Gasteiger partial charge in [-0.3, -0.25) is 48.5 Å².